The Bertz CT molecular complexity index is 3400. The van der Waals surface area contributed by atoms with E-state index >= 15 is 0 Å². The Balaban J connectivity index is 0.000000193. The van der Waals surface area contributed by atoms with E-state index in [-0.39, 0.29) is 32.9 Å². The minimum absolute atomic E-state index is 0.0487. The van der Waals surface area contributed by atoms with Crippen molar-refractivity contribution in [3.8, 4) is 11.4 Å². The first-order valence-corrected chi connectivity index (χ1v) is 22.8. The molecule has 10 rings (SSSR count). The molecule has 1 fully saturated rings. The van der Waals surface area contributed by atoms with E-state index in [0.717, 1.165) is 11.8 Å². The van der Waals surface area contributed by atoms with Gasteiger partial charge in [0.05, 0.1) is 27.0 Å². The number of para-hydroxylation sites is 3. The first kappa shape index (κ1) is 48.4. The monoisotopic (exact) mass is 968 g/mol. The lowest BCUT2D eigenvalue weighted by atomic mass is 10.1. The number of benzene rings is 5. The third-order valence-electron chi connectivity index (χ3n) is 11.3. The predicted molar refractivity (Wildman–Crippen MR) is 271 cm³/mol. The van der Waals surface area contributed by atoms with Gasteiger partial charge < -0.3 is 20.4 Å². The molecule has 4 aromatic heterocycles. The number of pyridine rings is 4. The largest absolute Gasteiger partial charge is 0.417 e. The molecule has 1 saturated heterocycles. The number of anilines is 6. The number of rotatable bonds is 8. The first-order valence-electron chi connectivity index (χ1n) is 22.4. The summed E-state index contributed by atoms with van der Waals surface area (Å²) in [5.74, 6) is -0.0554. The van der Waals surface area contributed by atoms with Gasteiger partial charge in [-0.15, -0.1) is 0 Å². The Labute approximate surface area is 404 Å². The molecule has 2 N–H and O–H groups in total. The topological polar surface area (TPSA) is 100 Å². The van der Waals surface area contributed by atoms with E-state index in [1.807, 2.05) is 85.5 Å². The number of aryl methyl sites for hydroxylation is 1. The van der Waals surface area contributed by atoms with Crippen LogP contribution >= 0.6 is 11.6 Å². The number of halogens is 6. The van der Waals surface area contributed by atoms with E-state index in [0.29, 0.717) is 66.3 Å². The van der Waals surface area contributed by atoms with Gasteiger partial charge in [-0.1, -0.05) is 92.2 Å². The Morgan fingerprint density at radius 3 is 1.61 bits per heavy atom. The summed E-state index contributed by atoms with van der Waals surface area (Å²) in [5.41, 5.74) is 1.96. The molecular formula is C54H46ClF5N8O2. The normalized spacial score (nSPS) is 12.5. The third-order valence-corrected chi connectivity index (χ3v) is 11.6. The molecule has 5 heterocycles. The van der Waals surface area contributed by atoms with Crippen molar-refractivity contribution >= 4 is 68.2 Å². The highest BCUT2D eigenvalue weighted by Crippen LogP contribution is 2.38. The Kier molecular flexibility index (Phi) is 14.6. The van der Waals surface area contributed by atoms with Crippen LogP contribution in [0.15, 0.2) is 173 Å². The highest BCUT2D eigenvalue weighted by molar-refractivity contribution is 6.35. The third kappa shape index (κ3) is 10.6. The number of alkyl halides is 3. The van der Waals surface area contributed by atoms with Crippen molar-refractivity contribution in [3.63, 3.8) is 0 Å². The van der Waals surface area contributed by atoms with Gasteiger partial charge in [-0.2, -0.15) is 13.2 Å². The summed E-state index contributed by atoms with van der Waals surface area (Å²) >= 11 is 6.29. The fraction of sp³-hybridized carbons (Fsp3) is 0.148. The number of hydrogen-bond acceptors (Lipinski definition) is 8. The molecule has 0 amide bonds. The lowest BCUT2D eigenvalue weighted by molar-refractivity contribution is -0.136. The van der Waals surface area contributed by atoms with Crippen molar-refractivity contribution < 1.29 is 22.0 Å². The van der Waals surface area contributed by atoms with Gasteiger partial charge in [0.1, 0.15) is 29.1 Å². The van der Waals surface area contributed by atoms with Crippen LogP contribution in [0.2, 0.25) is 5.02 Å². The summed E-state index contributed by atoms with van der Waals surface area (Å²) < 4.78 is 74.2. The molecule has 356 valence electrons. The summed E-state index contributed by atoms with van der Waals surface area (Å²) in [5, 5.41) is 6.25. The van der Waals surface area contributed by atoms with Crippen LogP contribution < -0.4 is 31.3 Å². The van der Waals surface area contributed by atoms with Gasteiger partial charge in [0, 0.05) is 66.8 Å². The fourth-order valence-electron chi connectivity index (χ4n) is 8.18. The van der Waals surface area contributed by atoms with Gasteiger partial charge in [-0.05, 0) is 91.9 Å². The predicted octanol–water partition coefficient (Wildman–Crippen LogP) is 12.9. The highest BCUT2D eigenvalue weighted by atomic mass is 35.5. The smallest absolute Gasteiger partial charge is 0.368 e. The molecule has 0 spiro atoms. The maximum atomic E-state index is 14.5. The number of nitrogens with one attached hydrogen (secondary N) is 2. The van der Waals surface area contributed by atoms with Gasteiger partial charge in [0.2, 0.25) is 0 Å². The zero-order valence-corrected chi connectivity index (χ0v) is 38.9. The van der Waals surface area contributed by atoms with Crippen LogP contribution in [0.5, 0.6) is 0 Å². The fourth-order valence-corrected chi connectivity index (χ4v) is 8.52. The summed E-state index contributed by atoms with van der Waals surface area (Å²) in [6.07, 6.45) is -4.75. The van der Waals surface area contributed by atoms with Crippen molar-refractivity contribution in [2.75, 3.05) is 46.6 Å². The second kappa shape index (κ2) is 21.1. The standard InChI is InChI=1S/C31H26F3N5O.C21H14ClF2N3O.C2H6/c32-31(33,34)25-20-27(38-18-16-37(17-19-38)23-12-6-2-7-13-23)36-30-29(25)26(40)21-28(35-22-10-4-1-5-11-22)39(30)24-14-8-3-9-15-24;1-12-8-17(22)20-18(28)11-19(26-15-6-2-4-13(23)9-15)27(21(20)25-12)16-7-3-5-14(24)10-16;1-2/h1-15,20-21,35H,16-19H2;2-11,26H,1H3;1-2H3. The molecule has 0 aliphatic carbocycles. The number of hydrogen-bond donors (Lipinski definition) is 2. The zero-order chi connectivity index (χ0) is 49.5. The van der Waals surface area contributed by atoms with Crippen LogP contribution in [0.1, 0.15) is 25.1 Å². The van der Waals surface area contributed by atoms with Crippen molar-refractivity contribution in [2.24, 2.45) is 0 Å². The SMILES string of the molecule is CC.Cc1cc(Cl)c2c(=O)cc(Nc3cccc(F)c3)n(-c3cccc(F)c3)c2n1.O=c1cc(Nc2ccccc2)n(-c2ccccc2)c2nc(N3CCN(c4ccccc4)CC3)cc(C(F)(F)F)c12. The van der Waals surface area contributed by atoms with E-state index in [1.54, 1.807) is 70.7 Å². The molecule has 1 aliphatic heterocycles. The lowest BCUT2D eigenvalue weighted by Gasteiger charge is -2.37. The van der Waals surface area contributed by atoms with Gasteiger partial charge in [0.15, 0.2) is 22.2 Å². The summed E-state index contributed by atoms with van der Waals surface area (Å²) in [7, 11) is 0. The molecule has 0 radical (unpaired) electrons. The molecule has 70 heavy (non-hydrogen) atoms. The number of aromatic nitrogens is 4. The average molecular weight is 969 g/mol. The van der Waals surface area contributed by atoms with E-state index in [1.165, 1.54) is 36.4 Å². The van der Waals surface area contributed by atoms with E-state index in [2.05, 4.69) is 20.5 Å². The summed E-state index contributed by atoms with van der Waals surface area (Å²) in [4.78, 5) is 39.3. The molecule has 0 saturated carbocycles. The average Bonchev–Trinajstić information content (AvgIpc) is 3.35. The molecule has 5 aromatic carbocycles. The van der Waals surface area contributed by atoms with Crippen molar-refractivity contribution in [2.45, 2.75) is 26.9 Å². The summed E-state index contributed by atoms with van der Waals surface area (Å²) in [6.45, 7) is 7.99. The summed E-state index contributed by atoms with van der Waals surface area (Å²) in [6, 6.07) is 44.9. The maximum Gasteiger partial charge on any atom is 0.417 e. The Morgan fingerprint density at radius 1 is 0.529 bits per heavy atom. The number of nitrogens with zero attached hydrogens (tertiary/aromatic N) is 6. The molecule has 10 nitrogen and oxygen atoms in total. The molecule has 0 unspecified atom stereocenters. The van der Waals surface area contributed by atoms with Crippen molar-refractivity contribution in [1.29, 1.82) is 0 Å². The zero-order valence-electron chi connectivity index (χ0n) is 38.2. The second-order valence-electron chi connectivity index (χ2n) is 15.9. The van der Waals surface area contributed by atoms with Gasteiger partial charge >= 0.3 is 6.18 Å². The minimum atomic E-state index is -4.75. The first-order chi connectivity index (χ1) is 33.8. The lowest BCUT2D eigenvalue weighted by Crippen LogP contribution is -2.47. The molecule has 1 aliphatic rings. The van der Waals surface area contributed by atoms with Crippen LogP contribution in [0.3, 0.4) is 0 Å². The van der Waals surface area contributed by atoms with Crippen molar-refractivity contribution in [1.82, 2.24) is 19.1 Å². The van der Waals surface area contributed by atoms with E-state index in [4.69, 9.17) is 16.6 Å². The molecule has 9 aromatic rings. The van der Waals surface area contributed by atoms with Gasteiger partial charge in [0.25, 0.3) is 0 Å². The second-order valence-corrected chi connectivity index (χ2v) is 16.3. The van der Waals surface area contributed by atoms with Crippen LogP contribution in [-0.4, -0.2) is 45.3 Å². The molecule has 0 atom stereocenters. The highest BCUT2D eigenvalue weighted by Gasteiger charge is 2.36. The molecule has 16 heteroatoms. The molecular weight excluding hydrogens is 923 g/mol. The van der Waals surface area contributed by atoms with Crippen LogP contribution in [0.4, 0.5) is 56.5 Å². The van der Waals surface area contributed by atoms with Crippen LogP contribution in [-0.2, 0) is 6.18 Å². The Hall–Kier alpha value is -8.04. The van der Waals surface area contributed by atoms with Gasteiger partial charge in [-0.3, -0.25) is 18.7 Å². The minimum Gasteiger partial charge on any atom is -0.368 e. The Morgan fingerprint density at radius 2 is 1.01 bits per heavy atom. The van der Waals surface area contributed by atoms with Crippen molar-refractivity contribution in [3.05, 3.63) is 212 Å². The van der Waals surface area contributed by atoms with E-state index < -0.39 is 34.2 Å². The van der Waals surface area contributed by atoms with Crippen LogP contribution in [0.25, 0.3) is 33.4 Å². The number of fused-ring (bicyclic) bond motifs is 2. The van der Waals surface area contributed by atoms with Gasteiger partial charge in [-0.25, -0.2) is 18.7 Å². The maximum absolute atomic E-state index is 14.5. The molecule has 0 bridgehead atoms. The van der Waals surface area contributed by atoms with Crippen LogP contribution in [0, 0.1) is 18.6 Å². The number of piperazine rings is 1. The quantitative estimate of drug-likeness (QED) is 0.145. The van der Waals surface area contributed by atoms with E-state index in [9.17, 15) is 31.5 Å².